The minimum absolute atomic E-state index is 0.433. The maximum absolute atomic E-state index is 11.0. The van der Waals surface area contributed by atoms with Gasteiger partial charge in [-0.05, 0) is 23.8 Å². The van der Waals surface area contributed by atoms with E-state index >= 15 is 0 Å². The van der Waals surface area contributed by atoms with E-state index in [-0.39, 0.29) is 0 Å². The highest BCUT2D eigenvalue weighted by Gasteiger charge is 2.18. The van der Waals surface area contributed by atoms with Crippen LogP contribution in [0, 0.1) is 0 Å². The fourth-order valence-electron chi connectivity index (χ4n) is 1.50. The molecule has 6 heteroatoms. The highest BCUT2D eigenvalue weighted by molar-refractivity contribution is 5.72. The van der Waals surface area contributed by atoms with E-state index in [2.05, 4.69) is 0 Å². The van der Waals surface area contributed by atoms with Crippen LogP contribution >= 0.6 is 0 Å². The smallest absolute Gasteiger partial charge is 0.333 e. The molecule has 0 heterocycles. The number of anilines is 2. The summed E-state index contributed by atoms with van der Waals surface area (Å²) in [5.74, 6) is -1.19. The summed E-state index contributed by atoms with van der Waals surface area (Å²) in [5.41, 5.74) is 7.53. The molecule has 0 aromatic heterocycles. The molecule has 0 aliphatic rings. The zero-order valence-corrected chi connectivity index (χ0v) is 10.6. The molecule has 0 spiro atoms. The summed E-state index contributed by atoms with van der Waals surface area (Å²) in [6.07, 6.45) is 0.612. The van der Waals surface area contributed by atoms with Crippen LogP contribution in [0.2, 0.25) is 0 Å². The van der Waals surface area contributed by atoms with Crippen molar-refractivity contribution in [3.8, 4) is 0 Å². The van der Waals surface area contributed by atoms with Gasteiger partial charge >= 0.3 is 11.9 Å². The van der Waals surface area contributed by atoms with Crippen LogP contribution in [0.3, 0.4) is 0 Å². The van der Waals surface area contributed by atoms with Crippen LogP contribution < -0.4 is 11.0 Å². The van der Waals surface area contributed by atoms with Gasteiger partial charge in [-0.2, -0.15) is 0 Å². The number of nitrogen functional groups attached to an aromatic ring is 1. The van der Waals surface area contributed by atoms with Crippen LogP contribution in [0.15, 0.2) is 18.2 Å². The van der Waals surface area contributed by atoms with Crippen LogP contribution in [0.5, 0.6) is 0 Å². The molecule has 18 heavy (non-hydrogen) atoms. The Morgan fingerprint density at radius 1 is 1.22 bits per heavy atom. The molecule has 0 radical (unpaired) electrons. The third kappa shape index (κ3) is 3.38. The second-order valence-electron chi connectivity index (χ2n) is 3.62. The SMILES string of the molecule is CCc1c(N)cccc1N(OC(C)=O)OC(C)=O. The molecule has 0 amide bonds. The van der Waals surface area contributed by atoms with Gasteiger partial charge in [0.05, 0.1) is 0 Å². The average molecular weight is 252 g/mol. The highest BCUT2D eigenvalue weighted by atomic mass is 17.0. The zero-order chi connectivity index (χ0) is 13.7. The number of carbonyl (C=O) groups is 2. The maximum Gasteiger partial charge on any atom is 0.333 e. The number of nitrogens with two attached hydrogens (primary N) is 1. The van der Waals surface area contributed by atoms with Crippen LogP contribution in [0.4, 0.5) is 11.4 Å². The number of carbonyl (C=O) groups excluding carboxylic acids is 2. The molecule has 0 saturated heterocycles. The molecule has 2 N–H and O–H groups in total. The van der Waals surface area contributed by atoms with E-state index in [0.717, 1.165) is 10.8 Å². The molecule has 0 aliphatic carbocycles. The first-order chi connectivity index (χ1) is 8.45. The Kier molecular flexibility index (Phi) is 4.53. The van der Waals surface area contributed by atoms with Crippen molar-refractivity contribution in [2.75, 3.05) is 11.0 Å². The molecule has 0 saturated carbocycles. The average Bonchev–Trinajstić information content (AvgIpc) is 2.26. The molecule has 0 unspecified atom stereocenters. The number of nitrogens with zero attached hydrogens (tertiary/aromatic N) is 1. The first-order valence-electron chi connectivity index (χ1n) is 5.50. The van der Waals surface area contributed by atoms with Gasteiger partial charge in [0, 0.05) is 25.1 Å². The van der Waals surface area contributed by atoms with Crippen LogP contribution in [-0.2, 0) is 25.7 Å². The summed E-state index contributed by atoms with van der Waals surface area (Å²) in [6.45, 7) is 4.33. The third-order valence-electron chi connectivity index (χ3n) is 2.16. The van der Waals surface area contributed by atoms with Crippen molar-refractivity contribution in [3.05, 3.63) is 23.8 Å². The Labute approximate surface area is 105 Å². The zero-order valence-electron chi connectivity index (χ0n) is 10.6. The first-order valence-corrected chi connectivity index (χ1v) is 5.50. The van der Waals surface area contributed by atoms with Crippen molar-refractivity contribution in [1.29, 1.82) is 0 Å². The normalized spacial score (nSPS) is 9.72. The Hall–Kier alpha value is -2.24. The fraction of sp³-hybridized carbons (Fsp3) is 0.333. The van der Waals surface area contributed by atoms with Crippen LogP contribution in [-0.4, -0.2) is 11.9 Å². The topological polar surface area (TPSA) is 81.9 Å². The van der Waals surface area contributed by atoms with Gasteiger partial charge in [0.25, 0.3) is 0 Å². The lowest BCUT2D eigenvalue weighted by molar-refractivity contribution is -0.171. The molecular weight excluding hydrogens is 236 g/mol. The standard InChI is InChI=1S/C12H16N2O4/c1-4-10-11(13)6-5-7-12(10)14(17-8(2)15)18-9(3)16/h5-7H,4,13H2,1-3H3. The van der Waals surface area contributed by atoms with Gasteiger partial charge in [-0.15, -0.1) is 0 Å². The summed E-state index contributed by atoms with van der Waals surface area (Å²) in [4.78, 5) is 31.7. The number of rotatable bonds is 4. The molecule has 1 aromatic rings. The molecule has 0 fully saturated rings. The quantitative estimate of drug-likeness (QED) is 0.647. The number of hydrogen-bond acceptors (Lipinski definition) is 6. The van der Waals surface area contributed by atoms with Gasteiger partial charge in [0.2, 0.25) is 0 Å². The lowest BCUT2D eigenvalue weighted by atomic mass is 10.1. The predicted octanol–water partition coefficient (Wildman–Crippen LogP) is 1.59. The van der Waals surface area contributed by atoms with Gasteiger partial charge in [-0.3, -0.25) is 0 Å². The largest absolute Gasteiger partial charge is 0.398 e. The van der Waals surface area contributed by atoms with Crippen molar-refractivity contribution >= 4 is 23.3 Å². The van der Waals surface area contributed by atoms with Crippen molar-refractivity contribution in [2.45, 2.75) is 27.2 Å². The van der Waals surface area contributed by atoms with Gasteiger partial charge < -0.3 is 15.4 Å². The first kappa shape index (κ1) is 13.8. The minimum atomic E-state index is -0.597. The molecule has 1 rings (SSSR count). The van der Waals surface area contributed by atoms with E-state index < -0.39 is 11.9 Å². The second-order valence-corrected chi connectivity index (χ2v) is 3.62. The summed E-state index contributed by atoms with van der Waals surface area (Å²) < 4.78 is 0. The van der Waals surface area contributed by atoms with Gasteiger partial charge in [-0.1, -0.05) is 13.0 Å². The Balaban J connectivity index is 3.15. The lowest BCUT2D eigenvalue weighted by Crippen LogP contribution is -2.29. The second kappa shape index (κ2) is 5.90. The third-order valence-corrected chi connectivity index (χ3v) is 2.16. The van der Waals surface area contributed by atoms with E-state index in [4.69, 9.17) is 15.4 Å². The Morgan fingerprint density at radius 2 is 1.78 bits per heavy atom. The monoisotopic (exact) mass is 252 g/mol. The maximum atomic E-state index is 11.0. The molecule has 0 bridgehead atoms. The molecule has 98 valence electrons. The minimum Gasteiger partial charge on any atom is -0.398 e. The number of hydrogen-bond donors (Lipinski definition) is 1. The van der Waals surface area contributed by atoms with E-state index in [0.29, 0.717) is 17.8 Å². The van der Waals surface area contributed by atoms with Crippen molar-refractivity contribution in [2.24, 2.45) is 0 Å². The molecule has 1 aromatic carbocycles. The van der Waals surface area contributed by atoms with Gasteiger partial charge in [0.15, 0.2) is 0 Å². The van der Waals surface area contributed by atoms with Gasteiger partial charge in [0.1, 0.15) is 5.69 Å². The lowest BCUT2D eigenvalue weighted by Gasteiger charge is -2.22. The molecule has 0 atom stereocenters. The number of benzene rings is 1. The molecular formula is C12H16N2O4. The van der Waals surface area contributed by atoms with E-state index in [1.54, 1.807) is 18.2 Å². The van der Waals surface area contributed by atoms with Crippen LogP contribution in [0.25, 0.3) is 0 Å². The van der Waals surface area contributed by atoms with E-state index in [1.807, 2.05) is 6.92 Å². The van der Waals surface area contributed by atoms with Crippen molar-refractivity contribution in [3.63, 3.8) is 0 Å². The molecule has 0 aliphatic heterocycles. The fourth-order valence-corrected chi connectivity index (χ4v) is 1.50. The molecule has 6 nitrogen and oxygen atoms in total. The summed E-state index contributed by atoms with van der Waals surface area (Å²) >= 11 is 0. The Bertz CT molecular complexity index is 443. The van der Waals surface area contributed by atoms with Crippen molar-refractivity contribution < 1.29 is 19.3 Å². The van der Waals surface area contributed by atoms with E-state index in [9.17, 15) is 9.59 Å². The Morgan fingerprint density at radius 3 is 2.22 bits per heavy atom. The van der Waals surface area contributed by atoms with E-state index in [1.165, 1.54) is 13.8 Å². The van der Waals surface area contributed by atoms with Crippen molar-refractivity contribution in [1.82, 2.24) is 0 Å². The van der Waals surface area contributed by atoms with Crippen LogP contribution in [0.1, 0.15) is 26.3 Å². The summed E-state index contributed by atoms with van der Waals surface area (Å²) in [7, 11) is 0. The highest BCUT2D eigenvalue weighted by Crippen LogP contribution is 2.27. The van der Waals surface area contributed by atoms with Gasteiger partial charge in [-0.25, -0.2) is 9.59 Å². The summed E-state index contributed by atoms with van der Waals surface area (Å²) in [6, 6.07) is 5.06. The predicted molar refractivity (Wildman–Crippen MR) is 66.2 cm³/mol. The summed E-state index contributed by atoms with van der Waals surface area (Å²) in [5, 5.41) is 0.792.